The van der Waals surface area contributed by atoms with E-state index >= 15 is 0 Å². The lowest BCUT2D eigenvalue weighted by Crippen LogP contribution is -2.41. The van der Waals surface area contributed by atoms with Gasteiger partial charge < -0.3 is 10.4 Å². The summed E-state index contributed by atoms with van der Waals surface area (Å²) in [5.41, 5.74) is 3.01. The minimum atomic E-state index is -1.01. The van der Waals surface area contributed by atoms with Crippen molar-refractivity contribution in [3.05, 3.63) is 29.3 Å². The Morgan fingerprint density at radius 1 is 1.40 bits per heavy atom. The lowest BCUT2D eigenvalue weighted by Gasteiger charge is -2.16. The van der Waals surface area contributed by atoms with Gasteiger partial charge in [-0.3, -0.25) is 4.79 Å². The lowest BCUT2D eigenvalue weighted by atomic mass is 10.0. The average molecular weight is 292 g/mol. The van der Waals surface area contributed by atoms with Crippen LogP contribution in [0.4, 0.5) is 0 Å². The van der Waals surface area contributed by atoms with Gasteiger partial charge in [0, 0.05) is 5.56 Å². The molecule has 0 spiro atoms. The zero-order valence-electron chi connectivity index (χ0n) is 11.3. The summed E-state index contributed by atoms with van der Waals surface area (Å²) < 4.78 is 0.911. The topological polar surface area (TPSA) is 79.3 Å². The molecule has 1 atom stereocenters. The molecule has 1 amide bonds. The van der Waals surface area contributed by atoms with Gasteiger partial charge in [-0.25, -0.2) is 9.78 Å². The number of nitrogens with one attached hydrogen (secondary N) is 1. The molecular formula is C14H16N2O3S. The van der Waals surface area contributed by atoms with Gasteiger partial charge in [0.15, 0.2) is 0 Å². The van der Waals surface area contributed by atoms with Crippen molar-refractivity contribution in [1.82, 2.24) is 10.3 Å². The maximum atomic E-state index is 12.1. The quantitative estimate of drug-likeness (QED) is 0.887. The number of benzene rings is 1. The maximum absolute atomic E-state index is 12.1. The SMILES string of the molecule is CC(C)CC(NC(=O)c1ccc2ncsc2c1)C(=O)O. The second kappa shape index (κ2) is 6.00. The predicted molar refractivity (Wildman–Crippen MR) is 78.0 cm³/mol. The number of carboxylic acids is 1. The molecular weight excluding hydrogens is 276 g/mol. The third kappa shape index (κ3) is 3.33. The van der Waals surface area contributed by atoms with Gasteiger partial charge in [-0.1, -0.05) is 13.8 Å². The number of nitrogens with zero attached hydrogens (tertiary/aromatic N) is 1. The Morgan fingerprint density at radius 3 is 2.80 bits per heavy atom. The summed E-state index contributed by atoms with van der Waals surface area (Å²) in [5, 5.41) is 11.7. The molecule has 2 N–H and O–H groups in total. The Morgan fingerprint density at radius 2 is 2.15 bits per heavy atom. The van der Waals surface area contributed by atoms with E-state index in [1.165, 1.54) is 11.3 Å². The van der Waals surface area contributed by atoms with Crippen LogP contribution in [0.1, 0.15) is 30.6 Å². The largest absolute Gasteiger partial charge is 0.480 e. The molecule has 5 nitrogen and oxygen atoms in total. The Labute approximate surface area is 120 Å². The van der Waals surface area contributed by atoms with Gasteiger partial charge in [0.2, 0.25) is 0 Å². The second-order valence-corrected chi connectivity index (χ2v) is 5.92. The minimum absolute atomic E-state index is 0.195. The molecule has 1 unspecified atom stereocenters. The van der Waals surface area contributed by atoms with Crippen LogP contribution in [0.2, 0.25) is 0 Å². The van der Waals surface area contributed by atoms with Gasteiger partial charge in [-0.15, -0.1) is 11.3 Å². The second-order valence-electron chi connectivity index (χ2n) is 5.03. The van der Waals surface area contributed by atoms with Crippen molar-refractivity contribution in [1.29, 1.82) is 0 Å². The van der Waals surface area contributed by atoms with Crippen LogP contribution in [0.5, 0.6) is 0 Å². The fourth-order valence-corrected chi connectivity index (χ4v) is 2.65. The Bertz CT molecular complexity index is 636. The number of aromatic nitrogens is 1. The van der Waals surface area contributed by atoms with Crippen LogP contribution in [-0.4, -0.2) is 28.0 Å². The zero-order valence-corrected chi connectivity index (χ0v) is 12.1. The van der Waals surface area contributed by atoms with E-state index < -0.39 is 12.0 Å². The highest BCUT2D eigenvalue weighted by Gasteiger charge is 2.21. The van der Waals surface area contributed by atoms with Gasteiger partial charge in [-0.05, 0) is 30.5 Å². The van der Waals surface area contributed by atoms with Gasteiger partial charge >= 0.3 is 5.97 Å². The fraction of sp³-hybridized carbons (Fsp3) is 0.357. The molecule has 0 aliphatic heterocycles. The van der Waals surface area contributed by atoms with Crippen molar-refractivity contribution in [2.45, 2.75) is 26.3 Å². The number of fused-ring (bicyclic) bond motifs is 1. The normalized spacial score (nSPS) is 12.6. The molecule has 1 aromatic carbocycles. The third-order valence-corrected chi connectivity index (χ3v) is 3.70. The molecule has 0 fully saturated rings. The van der Waals surface area contributed by atoms with E-state index in [-0.39, 0.29) is 11.8 Å². The van der Waals surface area contributed by atoms with Crippen LogP contribution in [0.15, 0.2) is 23.7 Å². The number of rotatable bonds is 5. The number of thiazole rings is 1. The van der Waals surface area contributed by atoms with Crippen LogP contribution in [0.25, 0.3) is 10.2 Å². The van der Waals surface area contributed by atoms with Crippen LogP contribution in [0, 0.1) is 5.92 Å². The molecule has 0 saturated carbocycles. The van der Waals surface area contributed by atoms with Crippen molar-refractivity contribution < 1.29 is 14.7 Å². The summed E-state index contributed by atoms with van der Waals surface area (Å²) in [6.45, 7) is 3.84. The van der Waals surface area contributed by atoms with Gasteiger partial charge in [0.05, 0.1) is 15.7 Å². The molecule has 106 valence electrons. The van der Waals surface area contributed by atoms with E-state index in [2.05, 4.69) is 10.3 Å². The first-order chi connectivity index (χ1) is 9.47. The van der Waals surface area contributed by atoms with Crippen molar-refractivity contribution in [2.75, 3.05) is 0 Å². The van der Waals surface area contributed by atoms with Gasteiger partial charge in [0.25, 0.3) is 5.91 Å². The Balaban J connectivity index is 2.15. The monoisotopic (exact) mass is 292 g/mol. The number of aliphatic carboxylic acids is 1. The highest BCUT2D eigenvalue weighted by atomic mass is 32.1. The molecule has 0 aliphatic rings. The minimum Gasteiger partial charge on any atom is -0.480 e. The number of hydrogen-bond acceptors (Lipinski definition) is 4. The molecule has 20 heavy (non-hydrogen) atoms. The maximum Gasteiger partial charge on any atom is 0.326 e. The molecule has 2 aromatic rings. The molecule has 0 aliphatic carbocycles. The summed E-state index contributed by atoms with van der Waals surface area (Å²) in [6, 6.07) is 4.29. The predicted octanol–water partition coefficient (Wildman–Crippen LogP) is 2.53. The van der Waals surface area contributed by atoms with Crippen molar-refractivity contribution >= 4 is 33.4 Å². The van der Waals surface area contributed by atoms with Crippen LogP contribution in [-0.2, 0) is 4.79 Å². The Hall–Kier alpha value is -1.95. The summed E-state index contributed by atoms with van der Waals surface area (Å²) in [7, 11) is 0. The first-order valence-electron chi connectivity index (χ1n) is 6.34. The summed E-state index contributed by atoms with van der Waals surface area (Å²) >= 11 is 1.45. The lowest BCUT2D eigenvalue weighted by molar-refractivity contribution is -0.139. The molecule has 0 bridgehead atoms. The van der Waals surface area contributed by atoms with E-state index in [0.717, 1.165) is 10.2 Å². The average Bonchev–Trinajstić information content (AvgIpc) is 2.84. The third-order valence-electron chi connectivity index (χ3n) is 2.90. The van der Waals surface area contributed by atoms with Crippen LogP contribution >= 0.6 is 11.3 Å². The van der Waals surface area contributed by atoms with Crippen molar-refractivity contribution in [2.24, 2.45) is 5.92 Å². The van der Waals surface area contributed by atoms with Crippen LogP contribution in [0.3, 0.4) is 0 Å². The summed E-state index contributed by atoms with van der Waals surface area (Å²) in [5.74, 6) is -1.18. The standard InChI is InChI=1S/C14H16N2O3S/c1-8(2)5-11(14(18)19)16-13(17)9-3-4-10-12(6-9)20-7-15-10/h3-4,6-8,11H,5H2,1-2H3,(H,16,17)(H,18,19). The number of amides is 1. The first kappa shape index (κ1) is 14.5. The highest BCUT2D eigenvalue weighted by molar-refractivity contribution is 7.16. The summed E-state index contributed by atoms with van der Waals surface area (Å²) in [6.07, 6.45) is 0.407. The van der Waals surface area contributed by atoms with Crippen LogP contribution < -0.4 is 5.32 Å². The van der Waals surface area contributed by atoms with E-state index in [0.29, 0.717) is 12.0 Å². The summed E-state index contributed by atoms with van der Waals surface area (Å²) in [4.78, 5) is 27.4. The van der Waals surface area contributed by atoms with Crippen molar-refractivity contribution in [3.63, 3.8) is 0 Å². The molecule has 0 saturated heterocycles. The fourth-order valence-electron chi connectivity index (χ4n) is 1.93. The molecule has 1 aromatic heterocycles. The van der Waals surface area contributed by atoms with E-state index in [4.69, 9.17) is 5.11 Å². The number of hydrogen-bond donors (Lipinski definition) is 2. The van der Waals surface area contributed by atoms with E-state index in [1.54, 1.807) is 23.7 Å². The van der Waals surface area contributed by atoms with E-state index in [1.807, 2.05) is 13.8 Å². The van der Waals surface area contributed by atoms with Gasteiger partial charge in [-0.2, -0.15) is 0 Å². The van der Waals surface area contributed by atoms with E-state index in [9.17, 15) is 9.59 Å². The molecule has 2 rings (SSSR count). The van der Waals surface area contributed by atoms with Crippen molar-refractivity contribution in [3.8, 4) is 0 Å². The Kier molecular flexibility index (Phi) is 4.34. The zero-order chi connectivity index (χ0) is 14.7. The number of carboxylic acid groups (broad SMARTS) is 1. The first-order valence-corrected chi connectivity index (χ1v) is 7.22. The number of carbonyl (C=O) groups is 2. The number of carbonyl (C=O) groups excluding carboxylic acids is 1. The molecule has 1 heterocycles. The van der Waals surface area contributed by atoms with Gasteiger partial charge in [0.1, 0.15) is 6.04 Å². The molecule has 6 heteroatoms. The smallest absolute Gasteiger partial charge is 0.326 e. The highest BCUT2D eigenvalue weighted by Crippen LogP contribution is 2.19. The molecule has 0 radical (unpaired) electrons.